The lowest BCUT2D eigenvalue weighted by Crippen LogP contribution is -2.34. The van der Waals surface area contributed by atoms with E-state index in [0.717, 1.165) is 10.1 Å². The number of hydrogen-bond donors (Lipinski definition) is 2. The summed E-state index contributed by atoms with van der Waals surface area (Å²) < 4.78 is 11.9. The Morgan fingerprint density at radius 3 is 2.54 bits per heavy atom. The van der Waals surface area contributed by atoms with Crippen LogP contribution in [0.5, 0.6) is 17.4 Å². The van der Waals surface area contributed by atoms with Crippen molar-refractivity contribution in [2.75, 3.05) is 14.2 Å². The average molecular weight is 479 g/mol. The van der Waals surface area contributed by atoms with E-state index in [1.54, 1.807) is 37.3 Å². The first-order valence-corrected chi connectivity index (χ1v) is 11.1. The van der Waals surface area contributed by atoms with Crippen LogP contribution in [-0.2, 0) is 11.3 Å². The summed E-state index contributed by atoms with van der Waals surface area (Å²) in [6, 6.07) is 13.7. The second-order valence-corrected chi connectivity index (χ2v) is 8.00. The molecular formula is C25H26N4O6. The van der Waals surface area contributed by atoms with Crippen molar-refractivity contribution in [2.45, 2.75) is 32.4 Å². The fourth-order valence-electron chi connectivity index (χ4n) is 4.13. The molecule has 0 spiro atoms. The molecule has 1 aliphatic rings. The van der Waals surface area contributed by atoms with Crippen molar-refractivity contribution < 1.29 is 19.4 Å². The third kappa shape index (κ3) is 4.54. The van der Waals surface area contributed by atoms with Gasteiger partial charge in [0, 0.05) is 18.4 Å². The number of carbonyl (C=O) groups is 1. The number of nitrogens with zero attached hydrogens (tertiary/aromatic N) is 3. The van der Waals surface area contributed by atoms with Crippen molar-refractivity contribution in [2.24, 2.45) is 5.10 Å². The van der Waals surface area contributed by atoms with Crippen LogP contribution in [0.2, 0.25) is 0 Å². The van der Waals surface area contributed by atoms with Crippen LogP contribution >= 0.6 is 0 Å². The van der Waals surface area contributed by atoms with E-state index in [2.05, 4.69) is 10.1 Å². The van der Waals surface area contributed by atoms with E-state index in [1.807, 2.05) is 18.2 Å². The van der Waals surface area contributed by atoms with Crippen molar-refractivity contribution in [3.63, 3.8) is 0 Å². The maximum absolute atomic E-state index is 12.8. The fraction of sp³-hybridized carbons (Fsp3) is 0.280. The second kappa shape index (κ2) is 9.88. The maximum Gasteiger partial charge on any atom is 0.331 e. The van der Waals surface area contributed by atoms with Gasteiger partial charge in [-0.25, -0.2) is 9.80 Å². The van der Waals surface area contributed by atoms with Gasteiger partial charge < -0.3 is 14.6 Å². The molecule has 0 radical (unpaired) electrons. The van der Waals surface area contributed by atoms with Crippen LogP contribution in [0.4, 0.5) is 0 Å². The van der Waals surface area contributed by atoms with E-state index in [1.165, 1.54) is 19.2 Å². The molecule has 182 valence electrons. The van der Waals surface area contributed by atoms with Crippen molar-refractivity contribution in [3.8, 4) is 17.4 Å². The summed E-state index contributed by atoms with van der Waals surface area (Å²) in [6.07, 6.45) is 0.296. The smallest absolute Gasteiger partial charge is 0.331 e. The molecule has 0 unspecified atom stereocenters. The average Bonchev–Trinajstić information content (AvgIpc) is 3.30. The molecule has 35 heavy (non-hydrogen) atoms. The zero-order chi connectivity index (χ0) is 25.1. The SMILES string of the molecule is CCC(=O)N1N=C(c2c(O)n(Cc3ccccc3)c(=O)[nH]c2=O)C[C@H]1c1cc(OC)ccc1OC. The number of methoxy groups -OCH3 is 2. The molecule has 1 aliphatic heterocycles. The number of H-pyrrole nitrogens is 1. The van der Waals surface area contributed by atoms with Gasteiger partial charge in [-0.15, -0.1) is 0 Å². The Hall–Kier alpha value is -4.34. The van der Waals surface area contributed by atoms with Gasteiger partial charge in [-0.1, -0.05) is 37.3 Å². The Morgan fingerprint density at radius 2 is 1.89 bits per heavy atom. The van der Waals surface area contributed by atoms with Gasteiger partial charge in [0.2, 0.25) is 11.8 Å². The van der Waals surface area contributed by atoms with E-state index < -0.39 is 23.2 Å². The van der Waals surface area contributed by atoms with Crippen LogP contribution in [0.1, 0.15) is 42.5 Å². The summed E-state index contributed by atoms with van der Waals surface area (Å²) >= 11 is 0. The van der Waals surface area contributed by atoms with Crippen LogP contribution in [0.3, 0.4) is 0 Å². The Labute approximate surface area is 201 Å². The number of amides is 1. The number of aromatic amines is 1. The van der Waals surface area contributed by atoms with E-state index in [9.17, 15) is 19.5 Å². The molecule has 2 aromatic carbocycles. The molecule has 0 aliphatic carbocycles. The Kier molecular flexibility index (Phi) is 6.72. The summed E-state index contributed by atoms with van der Waals surface area (Å²) in [7, 11) is 3.05. The first-order valence-electron chi connectivity index (χ1n) is 11.1. The van der Waals surface area contributed by atoms with Crippen LogP contribution in [-0.4, -0.2) is 45.5 Å². The molecule has 3 aromatic rings. The van der Waals surface area contributed by atoms with Gasteiger partial charge >= 0.3 is 5.69 Å². The van der Waals surface area contributed by atoms with Crippen molar-refractivity contribution in [1.82, 2.24) is 14.6 Å². The van der Waals surface area contributed by atoms with Crippen molar-refractivity contribution >= 4 is 11.6 Å². The molecule has 0 bridgehead atoms. The van der Waals surface area contributed by atoms with E-state index in [-0.39, 0.29) is 36.6 Å². The third-order valence-electron chi connectivity index (χ3n) is 5.91. The Balaban J connectivity index is 1.81. The zero-order valence-corrected chi connectivity index (χ0v) is 19.6. The van der Waals surface area contributed by atoms with Gasteiger partial charge in [-0.05, 0) is 23.8 Å². The largest absolute Gasteiger partial charge is 0.497 e. The van der Waals surface area contributed by atoms with Gasteiger partial charge in [-0.2, -0.15) is 5.10 Å². The monoisotopic (exact) mass is 478 g/mol. The lowest BCUT2D eigenvalue weighted by Gasteiger charge is -2.23. The highest BCUT2D eigenvalue weighted by atomic mass is 16.5. The number of hydrazone groups is 1. The van der Waals surface area contributed by atoms with Crippen LogP contribution in [0.15, 0.2) is 63.2 Å². The number of ether oxygens (including phenoxy) is 2. The van der Waals surface area contributed by atoms with E-state index in [0.29, 0.717) is 17.1 Å². The minimum atomic E-state index is -0.780. The summed E-state index contributed by atoms with van der Waals surface area (Å²) in [4.78, 5) is 40.4. The molecule has 10 heteroatoms. The van der Waals surface area contributed by atoms with E-state index in [4.69, 9.17) is 9.47 Å². The first-order chi connectivity index (χ1) is 16.9. The van der Waals surface area contributed by atoms with Gasteiger partial charge in [0.25, 0.3) is 5.56 Å². The molecule has 4 rings (SSSR count). The molecule has 10 nitrogen and oxygen atoms in total. The summed E-state index contributed by atoms with van der Waals surface area (Å²) in [6.45, 7) is 1.76. The minimum Gasteiger partial charge on any atom is -0.497 e. The van der Waals surface area contributed by atoms with Gasteiger partial charge in [0.1, 0.15) is 17.1 Å². The number of carbonyl (C=O) groups excluding carboxylic acids is 1. The number of nitrogens with one attached hydrogen (secondary N) is 1. The molecule has 1 aromatic heterocycles. The second-order valence-electron chi connectivity index (χ2n) is 8.00. The van der Waals surface area contributed by atoms with Crippen LogP contribution in [0.25, 0.3) is 0 Å². The summed E-state index contributed by atoms with van der Waals surface area (Å²) in [5.74, 6) is 0.301. The predicted octanol–water partition coefficient (Wildman–Crippen LogP) is 2.40. The molecular weight excluding hydrogens is 452 g/mol. The molecule has 1 amide bonds. The van der Waals surface area contributed by atoms with Crippen LogP contribution < -0.4 is 20.7 Å². The highest BCUT2D eigenvalue weighted by molar-refractivity contribution is 6.04. The van der Waals surface area contributed by atoms with Gasteiger partial charge in [-0.3, -0.25) is 19.1 Å². The Morgan fingerprint density at radius 1 is 1.14 bits per heavy atom. The highest BCUT2D eigenvalue weighted by Gasteiger charge is 2.36. The van der Waals surface area contributed by atoms with E-state index >= 15 is 0 Å². The highest BCUT2D eigenvalue weighted by Crippen LogP contribution is 2.39. The predicted molar refractivity (Wildman–Crippen MR) is 129 cm³/mol. The summed E-state index contributed by atoms with van der Waals surface area (Å²) in [5.41, 5.74) is -0.0936. The molecule has 0 saturated heterocycles. The van der Waals surface area contributed by atoms with Gasteiger partial charge in [0.05, 0.1) is 32.5 Å². The fourth-order valence-corrected chi connectivity index (χ4v) is 4.13. The first kappa shape index (κ1) is 23.8. The van der Waals surface area contributed by atoms with Gasteiger partial charge in [0.15, 0.2) is 0 Å². The molecule has 0 fully saturated rings. The minimum absolute atomic E-state index is 0.0489. The lowest BCUT2D eigenvalue weighted by molar-refractivity contribution is -0.132. The molecule has 2 heterocycles. The third-order valence-corrected chi connectivity index (χ3v) is 5.91. The van der Waals surface area contributed by atoms with Crippen LogP contribution in [0, 0.1) is 0 Å². The number of rotatable bonds is 7. The maximum atomic E-state index is 12.8. The normalized spacial score (nSPS) is 15.1. The standard InChI is InChI=1S/C25H26N4O6/c1-4-21(30)29-19(17-12-16(34-2)10-11-20(17)35-3)13-18(27-29)22-23(31)26-25(33)28(24(22)32)14-15-8-6-5-7-9-15/h5-12,19,32H,4,13-14H2,1-3H3,(H,26,31,33)/t19-/m0/s1. The quantitative estimate of drug-likeness (QED) is 0.537. The number of aromatic hydroxyl groups is 1. The Bertz CT molecular complexity index is 1390. The summed E-state index contributed by atoms with van der Waals surface area (Å²) in [5, 5.41) is 16.7. The lowest BCUT2D eigenvalue weighted by atomic mass is 9.98. The molecule has 1 atom stereocenters. The number of benzene rings is 2. The zero-order valence-electron chi connectivity index (χ0n) is 19.6. The molecule has 2 N–H and O–H groups in total. The molecule has 0 saturated carbocycles. The van der Waals surface area contributed by atoms with Crippen molar-refractivity contribution in [3.05, 3.63) is 86.1 Å². The number of aromatic nitrogens is 2. The number of hydrogen-bond acceptors (Lipinski definition) is 7. The van der Waals surface area contributed by atoms with Crippen molar-refractivity contribution in [1.29, 1.82) is 0 Å². The topological polar surface area (TPSA) is 126 Å².